The van der Waals surface area contributed by atoms with Crippen molar-refractivity contribution in [3.63, 3.8) is 0 Å². The van der Waals surface area contributed by atoms with Crippen LogP contribution < -0.4 is 0 Å². The van der Waals surface area contributed by atoms with E-state index in [-0.39, 0.29) is 18.1 Å². The maximum absolute atomic E-state index is 12.7. The molecule has 0 saturated carbocycles. The van der Waals surface area contributed by atoms with Crippen LogP contribution in [0.5, 0.6) is 0 Å². The topological polar surface area (TPSA) is 65.2 Å². The Bertz CT molecular complexity index is 571. The highest BCUT2D eigenvalue weighted by molar-refractivity contribution is 7.98. The van der Waals surface area contributed by atoms with E-state index in [0.717, 1.165) is 4.90 Å². The van der Waals surface area contributed by atoms with Crippen LogP contribution in [0.4, 0.5) is 4.39 Å². The van der Waals surface area contributed by atoms with E-state index in [1.165, 1.54) is 23.9 Å². The Balaban J connectivity index is 1.86. The summed E-state index contributed by atoms with van der Waals surface area (Å²) in [6.07, 6.45) is -0.0257. The number of benzene rings is 1. The molecule has 1 aromatic heterocycles. The van der Waals surface area contributed by atoms with E-state index in [9.17, 15) is 9.18 Å². The second-order valence-corrected chi connectivity index (χ2v) is 4.88. The zero-order valence-electron chi connectivity index (χ0n) is 10.8. The lowest BCUT2D eigenvalue weighted by Gasteiger charge is -1.97. The standard InChI is InChI=1S/C13H13FN2O3S/c1-2-18-13(17)7-12-15-11(16-19-12)8-20-10-5-3-9(14)4-6-10/h3-6H,2,7-8H2,1H3. The van der Waals surface area contributed by atoms with E-state index >= 15 is 0 Å². The summed E-state index contributed by atoms with van der Waals surface area (Å²) in [7, 11) is 0. The number of rotatable bonds is 6. The molecule has 0 N–H and O–H groups in total. The molecule has 0 bridgehead atoms. The Morgan fingerprint density at radius 1 is 1.40 bits per heavy atom. The number of carbonyl (C=O) groups excluding carboxylic acids is 1. The van der Waals surface area contributed by atoms with Gasteiger partial charge in [-0.3, -0.25) is 4.79 Å². The summed E-state index contributed by atoms with van der Waals surface area (Å²) >= 11 is 1.46. The van der Waals surface area contributed by atoms with Crippen LogP contribution >= 0.6 is 11.8 Å². The average Bonchev–Trinajstić information content (AvgIpc) is 2.86. The van der Waals surface area contributed by atoms with Crippen LogP contribution in [0.25, 0.3) is 0 Å². The van der Waals surface area contributed by atoms with Gasteiger partial charge < -0.3 is 9.26 Å². The molecule has 20 heavy (non-hydrogen) atoms. The minimum atomic E-state index is -0.395. The molecule has 106 valence electrons. The third kappa shape index (κ3) is 4.34. The van der Waals surface area contributed by atoms with E-state index in [1.807, 2.05) is 0 Å². The highest BCUT2D eigenvalue weighted by Crippen LogP contribution is 2.21. The monoisotopic (exact) mass is 296 g/mol. The van der Waals surface area contributed by atoms with Gasteiger partial charge in [0.2, 0.25) is 5.89 Å². The number of nitrogens with zero attached hydrogens (tertiary/aromatic N) is 2. The summed E-state index contributed by atoms with van der Waals surface area (Å²) in [4.78, 5) is 16.2. The molecule has 0 unspecified atom stereocenters. The van der Waals surface area contributed by atoms with Crippen molar-refractivity contribution in [3.8, 4) is 0 Å². The number of carbonyl (C=O) groups is 1. The van der Waals surface area contributed by atoms with Crippen LogP contribution in [0.1, 0.15) is 18.6 Å². The molecule has 0 aliphatic heterocycles. The molecule has 7 heteroatoms. The van der Waals surface area contributed by atoms with Gasteiger partial charge in [-0.05, 0) is 31.2 Å². The maximum atomic E-state index is 12.7. The molecule has 0 aliphatic carbocycles. The van der Waals surface area contributed by atoms with Crippen LogP contribution in [0.2, 0.25) is 0 Å². The van der Waals surface area contributed by atoms with Crippen LogP contribution in [-0.2, 0) is 21.7 Å². The Labute approximate surface area is 119 Å². The first kappa shape index (κ1) is 14.5. The van der Waals surface area contributed by atoms with Crippen molar-refractivity contribution in [2.24, 2.45) is 0 Å². The van der Waals surface area contributed by atoms with Crippen molar-refractivity contribution in [1.82, 2.24) is 10.1 Å². The molecule has 2 aromatic rings. The van der Waals surface area contributed by atoms with Gasteiger partial charge in [0, 0.05) is 4.90 Å². The lowest BCUT2D eigenvalue weighted by atomic mass is 10.4. The number of esters is 1. The minimum Gasteiger partial charge on any atom is -0.466 e. The molecule has 2 rings (SSSR count). The fraction of sp³-hybridized carbons (Fsp3) is 0.308. The van der Waals surface area contributed by atoms with Crippen LogP contribution in [0.3, 0.4) is 0 Å². The molecule has 0 saturated heterocycles. The lowest BCUT2D eigenvalue weighted by Crippen LogP contribution is -2.07. The van der Waals surface area contributed by atoms with Gasteiger partial charge in [0.25, 0.3) is 0 Å². The molecule has 0 spiro atoms. The Hall–Kier alpha value is -1.89. The summed E-state index contributed by atoms with van der Waals surface area (Å²) in [6.45, 7) is 2.05. The van der Waals surface area contributed by atoms with Gasteiger partial charge in [-0.1, -0.05) is 5.16 Å². The fourth-order valence-corrected chi connectivity index (χ4v) is 2.18. The third-order valence-electron chi connectivity index (χ3n) is 2.29. The Morgan fingerprint density at radius 3 is 2.85 bits per heavy atom. The number of ether oxygens (including phenoxy) is 1. The number of hydrogen-bond donors (Lipinski definition) is 0. The van der Waals surface area contributed by atoms with Crippen LogP contribution in [-0.4, -0.2) is 22.7 Å². The average molecular weight is 296 g/mol. The first-order valence-electron chi connectivity index (χ1n) is 6.03. The number of thioether (sulfide) groups is 1. The van der Waals surface area contributed by atoms with Gasteiger partial charge in [-0.25, -0.2) is 4.39 Å². The lowest BCUT2D eigenvalue weighted by molar-refractivity contribution is -0.142. The Kier molecular flexibility index (Phi) is 5.11. The number of hydrogen-bond acceptors (Lipinski definition) is 6. The smallest absolute Gasteiger partial charge is 0.315 e. The van der Waals surface area contributed by atoms with E-state index in [4.69, 9.17) is 9.26 Å². The molecule has 0 atom stereocenters. The van der Waals surface area contributed by atoms with E-state index < -0.39 is 5.97 Å². The van der Waals surface area contributed by atoms with Gasteiger partial charge in [0.15, 0.2) is 5.82 Å². The first-order chi connectivity index (χ1) is 9.67. The van der Waals surface area contributed by atoms with Gasteiger partial charge in [-0.15, -0.1) is 11.8 Å². The van der Waals surface area contributed by atoms with Crippen molar-refractivity contribution in [1.29, 1.82) is 0 Å². The third-order valence-corrected chi connectivity index (χ3v) is 3.30. The number of halogens is 1. The molecule has 0 radical (unpaired) electrons. The molecule has 1 aromatic carbocycles. The second kappa shape index (κ2) is 7.04. The fourth-order valence-electron chi connectivity index (χ4n) is 1.43. The van der Waals surface area contributed by atoms with E-state index in [2.05, 4.69) is 10.1 Å². The van der Waals surface area contributed by atoms with Crippen molar-refractivity contribution in [3.05, 3.63) is 41.8 Å². The maximum Gasteiger partial charge on any atom is 0.315 e. The van der Waals surface area contributed by atoms with Crippen molar-refractivity contribution >= 4 is 17.7 Å². The van der Waals surface area contributed by atoms with Crippen LogP contribution in [0.15, 0.2) is 33.7 Å². The number of aromatic nitrogens is 2. The molecule has 1 heterocycles. The molecular weight excluding hydrogens is 283 g/mol. The first-order valence-corrected chi connectivity index (χ1v) is 7.01. The molecule has 0 aliphatic rings. The van der Waals surface area contributed by atoms with Gasteiger partial charge in [0.05, 0.1) is 12.4 Å². The molecule has 5 nitrogen and oxygen atoms in total. The summed E-state index contributed by atoms with van der Waals surface area (Å²) in [5, 5.41) is 3.77. The normalized spacial score (nSPS) is 10.5. The van der Waals surface area contributed by atoms with Gasteiger partial charge in [0.1, 0.15) is 12.2 Å². The zero-order chi connectivity index (χ0) is 14.4. The zero-order valence-corrected chi connectivity index (χ0v) is 11.7. The predicted molar refractivity (Wildman–Crippen MR) is 70.6 cm³/mol. The summed E-state index contributed by atoms with van der Waals surface area (Å²) < 4.78 is 22.5. The predicted octanol–water partition coefficient (Wildman–Crippen LogP) is 2.61. The van der Waals surface area contributed by atoms with Crippen molar-refractivity contribution in [2.45, 2.75) is 24.0 Å². The quantitative estimate of drug-likeness (QED) is 0.603. The molecule has 0 fully saturated rings. The van der Waals surface area contributed by atoms with Gasteiger partial charge >= 0.3 is 5.97 Å². The summed E-state index contributed by atoms with van der Waals surface area (Å²) in [5.74, 6) is 0.536. The highest BCUT2D eigenvalue weighted by Gasteiger charge is 2.12. The minimum absolute atomic E-state index is 0.0257. The van der Waals surface area contributed by atoms with E-state index in [0.29, 0.717) is 18.2 Å². The summed E-state index contributed by atoms with van der Waals surface area (Å²) in [6, 6.07) is 6.15. The summed E-state index contributed by atoms with van der Waals surface area (Å²) in [5.41, 5.74) is 0. The van der Waals surface area contributed by atoms with Crippen molar-refractivity contribution < 1.29 is 18.4 Å². The molecule has 0 amide bonds. The highest BCUT2D eigenvalue weighted by atomic mass is 32.2. The van der Waals surface area contributed by atoms with E-state index in [1.54, 1.807) is 19.1 Å². The molecular formula is C13H13FN2O3S. The SMILES string of the molecule is CCOC(=O)Cc1nc(CSc2ccc(F)cc2)no1. The van der Waals surface area contributed by atoms with Gasteiger partial charge in [-0.2, -0.15) is 4.98 Å². The van der Waals surface area contributed by atoms with Crippen LogP contribution in [0, 0.1) is 5.82 Å². The largest absolute Gasteiger partial charge is 0.466 e. The Morgan fingerprint density at radius 2 is 2.15 bits per heavy atom. The van der Waals surface area contributed by atoms with Crippen molar-refractivity contribution in [2.75, 3.05) is 6.61 Å². The second-order valence-electron chi connectivity index (χ2n) is 3.83.